The Labute approximate surface area is 231 Å². The van der Waals surface area contributed by atoms with Crippen LogP contribution in [0, 0.1) is 6.92 Å². The van der Waals surface area contributed by atoms with Crippen LogP contribution >= 0.6 is 0 Å². The van der Waals surface area contributed by atoms with Crippen LogP contribution in [0.15, 0.2) is 58.8 Å². The minimum atomic E-state index is -0.706. The van der Waals surface area contributed by atoms with Crippen molar-refractivity contribution in [3.63, 3.8) is 0 Å². The number of azo groups is 1. The van der Waals surface area contributed by atoms with Crippen LogP contribution in [0.1, 0.15) is 55.1 Å². The maximum Gasteiger partial charge on any atom is 0.344 e. The number of amides is 3. The van der Waals surface area contributed by atoms with Gasteiger partial charge in [0.05, 0.1) is 11.4 Å². The highest BCUT2D eigenvalue weighted by Gasteiger charge is 2.39. The molecule has 1 atom stereocenters. The van der Waals surface area contributed by atoms with Crippen LogP contribution < -0.4 is 10.1 Å². The first-order valence-electron chi connectivity index (χ1n) is 13.1. The SMILES string of the molecule is Cc1cc(N=Nc2cccc3c2CN(C2CCC(=O)NC2=O)C3=O)c2ccccc2c1OCC(=O)OC(C)(C)C. The highest BCUT2D eigenvalue weighted by Crippen LogP contribution is 2.39. The lowest BCUT2D eigenvalue weighted by Gasteiger charge is -2.29. The Bertz CT molecular complexity index is 1570. The number of carbonyl (C=O) groups excluding carboxylic acids is 4. The predicted octanol–water partition coefficient (Wildman–Crippen LogP) is 5.05. The summed E-state index contributed by atoms with van der Waals surface area (Å²) < 4.78 is 11.3. The second kappa shape index (κ2) is 10.5. The second-order valence-corrected chi connectivity index (χ2v) is 10.9. The summed E-state index contributed by atoms with van der Waals surface area (Å²) in [5.74, 6) is -0.959. The fraction of sp³-hybridized carbons (Fsp3) is 0.333. The molecule has 2 aliphatic heterocycles. The van der Waals surface area contributed by atoms with Crippen molar-refractivity contribution in [2.75, 3.05) is 6.61 Å². The molecule has 206 valence electrons. The van der Waals surface area contributed by atoms with E-state index < -0.39 is 23.5 Å². The highest BCUT2D eigenvalue weighted by atomic mass is 16.6. The summed E-state index contributed by atoms with van der Waals surface area (Å²) in [5, 5.41) is 12.9. The average Bonchev–Trinajstić information content (AvgIpc) is 3.22. The summed E-state index contributed by atoms with van der Waals surface area (Å²) >= 11 is 0. The lowest BCUT2D eigenvalue weighted by molar-refractivity contribution is -0.157. The molecule has 0 aliphatic carbocycles. The van der Waals surface area contributed by atoms with E-state index in [9.17, 15) is 19.2 Å². The van der Waals surface area contributed by atoms with E-state index in [2.05, 4.69) is 15.5 Å². The zero-order valence-corrected chi connectivity index (χ0v) is 22.8. The van der Waals surface area contributed by atoms with Gasteiger partial charge in [0.15, 0.2) is 6.61 Å². The van der Waals surface area contributed by atoms with Crippen LogP contribution in [-0.4, -0.2) is 46.8 Å². The molecule has 2 aliphatic rings. The van der Waals surface area contributed by atoms with E-state index in [0.29, 0.717) is 28.3 Å². The van der Waals surface area contributed by atoms with E-state index in [0.717, 1.165) is 16.3 Å². The van der Waals surface area contributed by atoms with Gasteiger partial charge in [-0.2, -0.15) is 5.11 Å². The molecule has 0 bridgehead atoms. The molecular formula is C30H30N4O6. The molecule has 3 aromatic carbocycles. The minimum Gasteiger partial charge on any atom is -0.481 e. The predicted molar refractivity (Wildman–Crippen MR) is 147 cm³/mol. The zero-order chi connectivity index (χ0) is 28.6. The lowest BCUT2D eigenvalue weighted by Crippen LogP contribution is -2.52. The molecule has 1 N–H and O–H groups in total. The van der Waals surface area contributed by atoms with Crippen LogP contribution in [0.4, 0.5) is 11.4 Å². The number of imide groups is 1. The molecule has 0 saturated carbocycles. The lowest BCUT2D eigenvalue weighted by atomic mass is 10.0. The molecule has 10 nitrogen and oxygen atoms in total. The standard InChI is InChI=1S/C30H30N4O6/c1-17-14-23(18-8-5-6-9-19(18)27(17)39-16-26(36)40-30(2,3)4)33-32-22-11-7-10-20-21(22)15-34(29(20)38)24-12-13-25(35)31-28(24)37/h5-11,14,24H,12-13,15-16H2,1-4H3,(H,31,35,37). The smallest absolute Gasteiger partial charge is 0.344 e. The highest BCUT2D eigenvalue weighted by molar-refractivity contribution is 6.06. The van der Waals surface area contributed by atoms with Crippen LogP contribution in [0.5, 0.6) is 5.75 Å². The van der Waals surface area contributed by atoms with Gasteiger partial charge >= 0.3 is 5.97 Å². The number of rotatable bonds is 6. The fourth-order valence-corrected chi connectivity index (χ4v) is 5.01. The number of esters is 1. The minimum absolute atomic E-state index is 0.188. The van der Waals surface area contributed by atoms with Gasteiger partial charge < -0.3 is 14.4 Å². The molecule has 1 unspecified atom stereocenters. The topological polar surface area (TPSA) is 127 Å². The van der Waals surface area contributed by atoms with E-state index in [1.807, 2.05) is 37.3 Å². The summed E-state index contributed by atoms with van der Waals surface area (Å²) in [7, 11) is 0. The first-order chi connectivity index (χ1) is 19.0. The number of nitrogens with one attached hydrogen (secondary N) is 1. The average molecular weight is 543 g/mol. The summed E-state index contributed by atoms with van der Waals surface area (Å²) in [6.07, 6.45) is 0.474. The number of carbonyl (C=O) groups is 4. The van der Waals surface area contributed by atoms with Gasteiger partial charge in [-0.05, 0) is 57.9 Å². The number of fused-ring (bicyclic) bond motifs is 2. The maximum absolute atomic E-state index is 13.1. The quantitative estimate of drug-likeness (QED) is 0.264. The van der Waals surface area contributed by atoms with Crippen molar-refractivity contribution in [1.82, 2.24) is 10.2 Å². The van der Waals surface area contributed by atoms with Crippen LogP contribution in [-0.2, 0) is 25.7 Å². The summed E-state index contributed by atoms with van der Waals surface area (Å²) in [4.78, 5) is 50.8. The molecule has 3 aromatic rings. The number of piperidine rings is 1. The molecule has 10 heteroatoms. The molecule has 3 amide bonds. The Morgan fingerprint density at radius 3 is 2.48 bits per heavy atom. The Hall–Kier alpha value is -4.60. The number of hydrogen-bond donors (Lipinski definition) is 1. The Kier molecular flexibility index (Phi) is 7.10. The number of hydrogen-bond acceptors (Lipinski definition) is 8. The monoisotopic (exact) mass is 542 g/mol. The Morgan fingerprint density at radius 2 is 1.75 bits per heavy atom. The van der Waals surface area contributed by atoms with Crippen LogP contribution in [0.25, 0.3) is 10.8 Å². The van der Waals surface area contributed by atoms with E-state index in [-0.39, 0.29) is 37.8 Å². The van der Waals surface area contributed by atoms with Crippen molar-refractivity contribution in [3.05, 3.63) is 65.2 Å². The first kappa shape index (κ1) is 27.0. The molecule has 40 heavy (non-hydrogen) atoms. The van der Waals surface area contributed by atoms with Gasteiger partial charge in [0.25, 0.3) is 5.91 Å². The van der Waals surface area contributed by atoms with Gasteiger partial charge in [0.1, 0.15) is 17.4 Å². The Morgan fingerprint density at radius 1 is 1.02 bits per heavy atom. The van der Waals surface area contributed by atoms with Gasteiger partial charge in [0, 0.05) is 34.9 Å². The molecule has 1 fully saturated rings. The van der Waals surface area contributed by atoms with E-state index in [1.165, 1.54) is 4.90 Å². The van der Waals surface area contributed by atoms with Gasteiger partial charge in [-0.25, -0.2) is 4.79 Å². The zero-order valence-electron chi connectivity index (χ0n) is 22.8. The molecule has 0 radical (unpaired) electrons. The summed E-state index contributed by atoms with van der Waals surface area (Å²) in [5.41, 5.74) is 2.43. The number of aryl methyl sites for hydroxylation is 1. The summed E-state index contributed by atoms with van der Waals surface area (Å²) in [6, 6.07) is 13.9. The Balaban J connectivity index is 1.41. The maximum atomic E-state index is 13.1. The van der Waals surface area contributed by atoms with Crippen LogP contribution in [0.2, 0.25) is 0 Å². The van der Waals surface area contributed by atoms with E-state index in [4.69, 9.17) is 9.47 Å². The van der Waals surface area contributed by atoms with Crippen LogP contribution in [0.3, 0.4) is 0 Å². The van der Waals surface area contributed by atoms with Gasteiger partial charge in [-0.1, -0.05) is 30.3 Å². The molecular weight excluding hydrogens is 512 g/mol. The number of ether oxygens (including phenoxy) is 2. The third kappa shape index (κ3) is 5.42. The molecule has 2 heterocycles. The summed E-state index contributed by atoms with van der Waals surface area (Å²) in [6.45, 7) is 7.25. The van der Waals surface area contributed by atoms with Crippen molar-refractivity contribution in [3.8, 4) is 5.75 Å². The van der Waals surface area contributed by atoms with Gasteiger partial charge in [0.2, 0.25) is 11.8 Å². The number of nitrogens with zero attached hydrogens (tertiary/aromatic N) is 3. The van der Waals surface area contributed by atoms with E-state index in [1.54, 1.807) is 39.0 Å². The normalized spacial score (nSPS) is 17.4. The van der Waals surface area contributed by atoms with E-state index >= 15 is 0 Å². The van der Waals surface area contributed by atoms with Crippen molar-refractivity contribution < 1.29 is 28.7 Å². The largest absolute Gasteiger partial charge is 0.481 e. The van der Waals surface area contributed by atoms with Crippen molar-refractivity contribution in [2.45, 2.75) is 58.7 Å². The second-order valence-electron chi connectivity index (χ2n) is 10.9. The molecule has 0 aromatic heterocycles. The van der Waals surface area contributed by atoms with Crippen molar-refractivity contribution in [2.24, 2.45) is 10.2 Å². The third-order valence-corrected chi connectivity index (χ3v) is 6.74. The molecule has 0 spiro atoms. The van der Waals surface area contributed by atoms with Gasteiger partial charge in [-0.3, -0.25) is 19.7 Å². The van der Waals surface area contributed by atoms with Gasteiger partial charge in [-0.15, -0.1) is 5.11 Å². The van der Waals surface area contributed by atoms with Crippen molar-refractivity contribution in [1.29, 1.82) is 0 Å². The number of benzene rings is 3. The molecule has 1 saturated heterocycles. The third-order valence-electron chi connectivity index (χ3n) is 6.74. The first-order valence-corrected chi connectivity index (χ1v) is 13.1. The molecule has 5 rings (SSSR count). The van der Waals surface area contributed by atoms with Crippen molar-refractivity contribution >= 4 is 45.8 Å². The fourth-order valence-electron chi connectivity index (χ4n) is 5.01.